The van der Waals surface area contributed by atoms with Gasteiger partial charge in [-0.05, 0) is 0 Å². The molecular weight excluding hydrogens is 192 g/mol. The van der Waals surface area contributed by atoms with Gasteiger partial charge in [-0.1, -0.05) is 0 Å². The molecule has 0 aliphatic heterocycles. The molecule has 0 aliphatic rings. The highest BCUT2D eigenvalue weighted by Gasteiger charge is 2.31. The molecule has 0 unspecified atom stereocenters. The zero-order chi connectivity index (χ0) is 12.6. The molecule has 0 radical (unpaired) electrons. The standard InChI is InChI=1S/C8H16O6/c1-13-4-6(11)8(14-2)7(12)5(10)3-9/h3,5-8,10-12H,4H2,1-2H3/t5-,6+,7+,8-/m0/s1/i1D,2D. The first-order chi connectivity index (χ1) is 7.58. The first-order valence-corrected chi connectivity index (χ1v) is 3.85. The first-order valence-electron chi connectivity index (χ1n) is 5.27. The fraction of sp³-hybridized carbons (Fsp3) is 0.875. The number of rotatable bonds is 7. The first kappa shape index (κ1) is 10.0. The van der Waals surface area contributed by atoms with Gasteiger partial charge in [0, 0.05) is 14.2 Å². The topological polar surface area (TPSA) is 96.2 Å². The third-order valence-electron chi connectivity index (χ3n) is 1.69. The summed E-state index contributed by atoms with van der Waals surface area (Å²) in [5, 5.41) is 28.0. The lowest BCUT2D eigenvalue weighted by Crippen LogP contribution is -2.47. The van der Waals surface area contributed by atoms with Crippen LogP contribution >= 0.6 is 0 Å². The van der Waals surface area contributed by atoms with Gasteiger partial charge in [-0.25, -0.2) is 0 Å². The quantitative estimate of drug-likeness (QED) is 0.418. The Morgan fingerprint density at radius 2 is 2.14 bits per heavy atom. The Balaban J connectivity index is 4.38. The van der Waals surface area contributed by atoms with Crippen LogP contribution in [0.1, 0.15) is 2.74 Å². The minimum absolute atomic E-state index is 0.100. The monoisotopic (exact) mass is 210 g/mol. The van der Waals surface area contributed by atoms with Gasteiger partial charge in [-0.2, -0.15) is 0 Å². The summed E-state index contributed by atoms with van der Waals surface area (Å²) in [6.07, 6.45) is -5.90. The lowest BCUT2D eigenvalue weighted by molar-refractivity contribution is -0.144. The van der Waals surface area contributed by atoms with Crippen LogP contribution in [0.3, 0.4) is 0 Å². The molecule has 6 heteroatoms. The van der Waals surface area contributed by atoms with Crippen LogP contribution in [0.15, 0.2) is 0 Å². The molecule has 0 aliphatic carbocycles. The largest absolute Gasteiger partial charge is 0.388 e. The predicted octanol–water partition coefficient (Wildman–Crippen LogP) is -2.07. The second-order valence-electron chi connectivity index (χ2n) is 2.69. The van der Waals surface area contributed by atoms with Gasteiger partial charge < -0.3 is 29.6 Å². The summed E-state index contributed by atoms with van der Waals surface area (Å²) >= 11 is 0. The molecule has 0 saturated heterocycles. The van der Waals surface area contributed by atoms with E-state index in [1.807, 2.05) is 0 Å². The number of hydrogen-bond donors (Lipinski definition) is 3. The number of hydrogen-bond acceptors (Lipinski definition) is 6. The molecule has 14 heavy (non-hydrogen) atoms. The minimum Gasteiger partial charge on any atom is -0.388 e. The van der Waals surface area contributed by atoms with Gasteiger partial charge in [0.05, 0.1) is 9.35 Å². The van der Waals surface area contributed by atoms with Crippen LogP contribution in [0.2, 0.25) is 0 Å². The number of carbonyl (C=O) groups is 1. The smallest absolute Gasteiger partial charge is 0.151 e. The lowest BCUT2D eigenvalue weighted by Gasteiger charge is -2.26. The van der Waals surface area contributed by atoms with E-state index in [0.717, 1.165) is 0 Å². The molecule has 0 fully saturated rings. The number of aldehydes is 1. The van der Waals surface area contributed by atoms with Gasteiger partial charge in [-0.3, -0.25) is 0 Å². The van der Waals surface area contributed by atoms with Crippen molar-refractivity contribution in [3.05, 3.63) is 0 Å². The van der Waals surface area contributed by atoms with Gasteiger partial charge in [0.15, 0.2) is 6.29 Å². The third-order valence-corrected chi connectivity index (χ3v) is 1.69. The van der Waals surface area contributed by atoms with Crippen LogP contribution in [0, 0.1) is 0 Å². The summed E-state index contributed by atoms with van der Waals surface area (Å²) in [6.45, 7) is -0.295. The SMILES string of the molecule is [2H]COC[C@@H](O)[C@H](OC[2H])[C@H](O)[C@@H](O)C=O. The van der Waals surface area contributed by atoms with Crippen molar-refractivity contribution in [3.63, 3.8) is 0 Å². The normalized spacial score (nSPS) is 21.6. The molecule has 0 aromatic carbocycles. The van der Waals surface area contributed by atoms with Gasteiger partial charge in [0.1, 0.15) is 24.4 Å². The maximum absolute atomic E-state index is 10.2. The molecule has 0 amide bonds. The van der Waals surface area contributed by atoms with E-state index in [-0.39, 0.29) is 20.0 Å². The molecule has 0 saturated carbocycles. The summed E-state index contributed by atoms with van der Waals surface area (Å²) in [5.74, 6) is 0. The second kappa shape index (κ2) is 6.86. The third kappa shape index (κ3) is 3.69. The molecule has 84 valence electrons. The lowest BCUT2D eigenvalue weighted by atomic mass is 10.0. The van der Waals surface area contributed by atoms with E-state index in [2.05, 4.69) is 4.74 Å². The van der Waals surface area contributed by atoms with E-state index in [9.17, 15) is 15.0 Å². The second-order valence-corrected chi connectivity index (χ2v) is 2.69. The minimum atomic E-state index is -1.71. The maximum Gasteiger partial charge on any atom is 0.151 e. The fourth-order valence-corrected chi connectivity index (χ4v) is 0.928. The number of ether oxygens (including phenoxy) is 2. The van der Waals surface area contributed by atoms with Crippen molar-refractivity contribution >= 4 is 6.29 Å². The van der Waals surface area contributed by atoms with Gasteiger partial charge in [-0.15, -0.1) is 0 Å². The van der Waals surface area contributed by atoms with Crippen molar-refractivity contribution in [2.24, 2.45) is 0 Å². The van der Waals surface area contributed by atoms with Crippen molar-refractivity contribution < 1.29 is 32.3 Å². The Hall–Kier alpha value is -0.530. The number of aliphatic hydroxyl groups excluding tert-OH is 3. The molecule has 0 heterocycles. The van der Waals surface area contributed by atoms with Crippen LogP contribution in [0.4, 0.5) is 0 Å². The van der Waals surface area contributed by atoms with Crippen LogP contribution in [0.5, 0.6) is 0 Å². The van der Waals surface area contributed by atoms with Crippen LogP contribution in [0.25, 0.3) is 0 Å². The predicted molar refractivity (Wildman–Crippen MR) is 46.8 cm³/mol. The van der Waals surface area contributed by atoms with Crippen molar-refractivity contribution in [1.82, 2.24) is 0 Å². The fourth-order valence-electron chi connectivity index (χ4n) is 0.928. The highest BCUT2D eigenvalue weighted by molar-refractivity contribution is 5.56. The van der Waals surface area contributed by atoms with E-state index >= 15 is 0 Å². The Labute approximate surface area is 84.9 Å². The number of carbonyl (C=O) groups excluding carboxylic acids is 1. The number of methoxy groups -OCH3 is 2. The maximum atomic E-state index is 10.2. The average molecular weight is 210 g/mol. The summed E-state index contributed by atoms with van der Waals surface area (Å²) in [5.41, 5.74) is 0. The molecule has 0 aromatic rings. The van der Waals surface area contributed by atoms with Crippen molar-refractivity contribution in [2.75, 3.05) is 20.8 Å². The molecule has 6 nitrogen and oxygen atoms in total. The van der Waals surface area contributed by atoms with E-state index < -0.39 is 31.5 Å². The molecule has 0 bridgehead atoms. The van der Waals surface area contributed by atoms with Gasteiger partial charge in [0.2, 0.25) is 0 Å². The molecule has 4 atom stereocenters. The van der Waals surface area contributed by atoms with E-state index in [1.54, 1.807) is 0 Å². The van der Waals surface area contributed by atoms with Crippen molar-refractivity contribution in [1.29, 1.82) is 0 Å². The Morgan fingerprint density at radius 3 is 2.64 bits per heavy atom. The highest BCUT2D eigenvalue weighted by Crippen LogP contribution is 2.08. The summed E-state index contributed by atoms with van der Waals surface area (Å²) in [7, 11) is -0.928. The van der Waals surface area contributed by atoms with Crippen molar-refractivity contribution in [2.45, 2.75) is 24.4 Å². The Bertz CT molecular complexity index is 193. The summed E-state index contributed by atoms with van der Waals surface area (Å²) in [6, 6.07) is 0. The summed E-state index contributed by atoms with van der Waals surface area (Å²) in [4.78, 5) is 10.2. The van der Waals surface area contributed by atoms with Gasteiger partial charge >= 0.3 is 0 Å². The van der Waals surface area contributed by atoms with E-state index in [1.165, 1.54) is 0 Å². The van der Waals surface area contributed by atoms with Crippen LogP contribution < -0.4 is 0 Å². The highest BCUT2D eigenvalue weighted by atomic mass is 16.5. The number of aliphatic hydroxyl groups is 3. The molecule has 0 aromatic heterocycles. The molecule has 0 rings (SSSR count). The van der Waals surface area contributed by atoms with E-state index in [0.29, 0.717) is 0 Å². The zero-order valence-corrected chi connectivity index (χ0v) is 7.57. The van der Waals surface area contributed by atoms with Crippen LogP contribution in [-0.4, -0.2) is 66.8 Å². The Morgan fingerprint density at radius 1 is 1.43 bits per heavy atom. The molecule has 0 spiro atoms. The van der Waals surface area contributed by atoms with Crippen LogP contribution in [-0.2, 0) is 14.3 Å². The average Bonchev–Trinajstić information content (AvgIpc) is 2.30. The molecule has 3 N–H and O–H groups in total. The summed E-state index contributed by atoms with van der Waals surface area (Å²) < 4.78 is 22.8. The van der Waals surface area contributed by atoms with Crippen molar-refractivity contribution in [3.8, 4) is 0 Å². The molecular formula is C8H16O6. The Kier molecular flexibility index (Phi) is 4.90. The van der Waals surface area contributed by atoms with Gasteiger partial charge in [0.25, 0.3) is 0 Å². The van der Waals surface area contributed by atoms with E-state index in [4.69, 9.17) is 12.6 Å². The zero-order valence-electron chi connectivity index (χ0n) is 9.57.